The summed E-state index contributed by atoms with van der Waals surface area (Å²) in [6, 6.07) is 5.14. The Bertz CT molecular complexity index is 544. The molecule has 0 unspecified atom stereocenters. The van der Waals surface area contributed by atoms with Gasteiger partial charge in [0.1, 0.15) is 0 Å². The Balaban J connectivity index is 2.86. The second-order valence-electron chi connectivity index (χ2n) is 2.73. The van der Waals surface area contributed by atoms with Gasteiger partial charge < -0.3 is 0 Å². The van der Waals surface area contributed by atoms with Gasteiger partial charge in [-0.05, 0) is 12.1 Å². The smallest absolute Gasteiger partial charge is 0.188 e. The van der Waals surface area contributed by atoms with Crippen LogP contribution in [0, 0.1) is 6.57 Å². The molecule has 0 spiro atoms. The third kappa shape index (κ3) is 1.41. The molecule has 1 heterocycles. The Morgan fingerprint density at radius 2 is 2.07 bits per heavy atom. The van der Waals surface area contributed by atoms with Crippen LogP contribution in [0.25, 0.3) is 15.7 Å². The molecule has 4 heteroatoms. The van der Waals surface area contributed by atoms with Crippen LogP contribution < -0.4 is 0 Å². The fourth-order valence-electron chi connectivity index (χ4n) is 1.19. The fourth-order valence-corrected chi connectivity index (χ4v) is 1.54. The van der Waals surface area contributed by atoms with Crippen molar-refractivity contribution in [1.29, 1.82) is 0 Å². The third-order valence-corrected chi connectivity index (χ3v) is 2.66. The van der Waals surface area contributed by atoms with Crippen molar-refractivity contribution in [2.75, 3.05) is 0 Å². The van der Waals surface area contributed by atoms with Crippen LogP contribution in [0.4, 0.5) is 5.69 Å². The van der Waals surface area contributed by atoms with Crippen LogP contribution in [-0.2, 0) is 0 Å². The standard InChI is InChI=1S/C10H4Cl2N2/c1-13-6-2-3-9-7(4-6)10(12)8(11)5-14-9/h2-5H. The molecule has 2 nitrogen and oxygen atoms in total. The Hall–Kier alpha value is -1.30. The van der Waals surface area contributed by atoms with Crippen molar-refractivity contribution in [2.24, 2.45) is 0 Å². The molecule has 0 saturated carbocycles. The van der Waals surface area contributed by atoms with Gasteiger partial charge in [-0.3, -0.25) is 4.98 Å². The van der Waals surface area contributed by atoms with E-state index in [0.717, 1.165) is 5.52 Å². The molecule has 0 aliphatic heterocycles. The molecule has 0 atom stereocenters. The van der Waals surface area contributed by atoms with E-state index in [0.29, 0.717) is 21.1 Å². The van der Waals surface area contributed by atoms with E-state index in [1.54, 1.807) is 18.2 Å². The number of hydrogen-bond donors (Lipinski definition) is 0. The minimum atomic E-state index is 0.404. The molecule has 0 N–H and O–H groups in total. The maximum Gasteiger partial charge on any atom is 0.188 e. The van der Waals surface area contributed by atoms with E-state index < -0.39 is 0 Å². The number of fused-ring (bicyclic) bond motifs is 1. The van der Waals surface area contributed by atoms with Crippen molar-refractivity contribution >= 4 is 39.8 Å². The first-order chi connectivity index (χ1) is 6.72. The molecule has 14 heavy (non-hydrogen) atoms. The average molecular weight is 223 g/mol. The maximum absolute atomic E-state index is 6.87. The van der Waals surface area contributed by atoms with E-state index >= 15 is 0 Å². The number of rotatable bonds is 0. The Labute approximate surface area is 90.9 Å². The van der Waals surface area contributed by atoms with E-state index in [9.17, 15) is 0 Å². The first-order valence-corrected chi connectivity index (χ1v) is 4.59. The van der Waals surface area contributed by atoms with Crippen molar-refractivity contribution in [3.05, 3.63) is 45.9 Å². The number of hydrogen-bond acceptors (Lipinski definition) is 1. The van der Waals surface area contributed by atoms with Crippen molar-refractivity contribution in [3.8, 4) is 0 Å². The predicted molar refractivity (Wildman–Crippen MR) is 58.0 cm³/mol. The van der Waals surface area contributed by atoms with E-state index in [2.05, 4.69) is 9.83 Å². The van der Waals surface area contributed by atoms with Gasteiger partial charge in [0, 0.05) is 11.6 Å². The minimum absolute atomic E-state index is 0.404. The van der Waals surface area contributed by atoms with E-state index in [1.165, 1.54) is 6.20 Å². The molecular formula is C10H4Cl2N2. The molecule has 0 aliphatic rings. The molecule has 0 saturated heterocycles. The highest BCUT2D eigenvalue weighted by Gasteiger charge is 2.05. The largest absolute Gasteiger partial charge is 0.255 e. The molecule has 0 bridgehead atoms. The maximum atomic E-state index is 6.87. The summed E-state index contributed by atoms with van der Waals surface area (Å²) in [6.07, 6.45) is 1.50. The van der Waals surface area contributed by atoms with Gasteiger partial charge in [-0.25, -0.2) is 4.85 Å². The van der Waals surface area contributed by atoms with E-state index in [1.807, 2.05) is 0 Å². The molecule has 1 aromatic carbocycles. The van der Waals surface area contributed by atoms with Crippen LogP contribution in [-0.4, -0.2) is 4.98 Å². The second kappa shape index (κ2) is 3.45. The van der Waals surface area contributed by atoms with Gasteiger partial charge in [-0.1, -0.05) is 29.3 Å². The Morgan fingerprint density at radius 3 is 2.79 bits per heavy atom. The van der Waals surface area contributed by atoms with Gasteiger partial charge in [-0.2, -0.15) is 0 Å². The monoisotopic (exact) mass is 222 g/mol. The predicted octanol–water partition coefficient (Wildman–Crippen LogP) is 4.09. The lowest BCUT2D eigenvalue weighted by Gasteiger charge is -2.01. The Kier molecular flexibility index (Phi) is 2.28. The minimum Gasteiger partial charge on any atom is -0.255 e. The summed E-state index contributed by atoms with van der Waals surface area (Å²) in [5.74, 6) is 0. The van der Waals surface area contributed by atoms with Crippen LogP contribution in [0.2, 0.25) is 10.0 Å². The molecule has 0 fully saturated rings. The highest BCUT2D eigenvalue weighted by molar-refractivity contribution is 6.45. The molecule has 68 valence electrons. The lowest BCUT2D eigenvalue weighted by atomic mass is 10.2. The summed E-state index contributed by atoms with van der Waals surface area (Å²) in [4.78, 5) is 7.41. The summed E-state index contributed by atoms with van der Waals surface area (Å²) in [5, 5.41) is 1.57. The zero-order chi connectivity index (χ0) is 10.1. The van der Waals surface area contributed by atoms with E-state index in [-0.39, 0.29) is 0 Å². The van der Waals surface area contributed by atoms with Crippen LogP contribution in [0.5, 0.6) is 0 Å². The summed E-state index contributed by atoms with van der Waals surface area (Å²) in [5.41, 5.74) is 1.27. The molecule has 0 amide bonds. The van der Waals surface area contributed by atoms with Gasteiger partial charge in [-0.15, -0.1) is 0 Å². The topological polar surface area (TPSA) is 17.2 Å². The number of benzene rings is 1. The summed E-state index contributed by atoms with van der Waals surface area (Å²) in [6.45, 7) is 6.87. The fraction of sp³-hybridized carbons (Fsp3) is 0. The second-order valence-corrected chi connectivity index (χ2v) is 3.52. The number of aromatic nitrogens is 1. The normalized spacial score (nSPS) is 10.1. The number of pyridine rings is 1. The number of halogens is 2. The van der Waals surface area contributed by atoms with Gasteiger partial charge in [0.2, 0.25) is 0 Å². The van der Waals surface area contributed by atoms with Crippen LogP contribution in [0.3, 0.4) is 0 Å². The first kappa shape index (κ1) is 9.26. The molecule has 1 aromatic heterocycles. The highest BCUT2D eigenvalue weighted by atomic mass is 35.5. The average Bonchev–Trinajstić information content (AvgIpc) is 2.23. The van der Waals surface area contributed by atoms with Crippen LogP contribution >= 0.6 is 23.2 Å². The van der Waals surface area contributed by atoms with Crippen molar-refractivity contribution in [1.82, 2.24) is 4.98 Å². The van der Waals surface area contributed by atoms with Crippen molar-refractivity contribution in [2.45, 2.75) is 0 Å². The zero-order valence-corrected chi connectivity index (χ0v) is 8.47. The van der Waals surface area contributed by atoms with Gasteiger partial charge >= 0.3 is 0 Å². The summed E-state index contributed by atoms with van der Waals surface area (Å²) < 4.78 is 0. The molecule has 0 aliphatic carbocycles. The molecular weight excluding hydrogens is 219 g/mol. The van der Waals surface area contributed by atoms with Crippen molar-refractivity contribution in [3.63, 3.8) is 0 Å². The summed E-state index contributed by atoms with van der Waals surface area (Å²) >= 11 is 11.8. The SMILES string of the molecule is [C-]#[N+]c1ccc2ncc(Cl)c(Cl)c2c1. The van der Waals surface area contributed by atoms with Gasteiger partial charge in [0.05, 0.1) is 22.1 Å². The summed E-state index contributed by atoms with van der Waals surface area (Å²) in [7, 11) is 0. The van der Waals surface area contributed by atoms with Gasteiger partial charge in [0.25, 0.3) is 0 Å². The van der Waals surface area contributed by atoms with E-state index in [4.69, 9.17) is 29.8 Å². The van der Waals surface area contributed by atoms with Crippen molar-refractivity contribution < 1.29 is 0 Å². The molecule has 0 radical (unpaired) electrons. The van der Waals surface area contributed by atoms with Gasteiger partial charge in [0.15, 0.2) is 5.69 Å². The Morgan fingerprint density at radius 1 is 1.29 bits per heavy atom. The highest BCUT2D eigenvalue weighted by Crippen LogP contribution is 2.31. The quantitative estimate of drug-likeness (QED) is 0.614. The first-order valence-electron chi connectivity index (χ1n) is 3.83. The zero-order valence-electron chi connectivity index (χ0n) is 6.96. The van der Waals surface area contributed by atoms with Crippen LogP contribution in [0.1, 0.15) is 0 Å². The molecule has 2 rings (SSSR count). The third-order valence-electron chi connectivity index (χ3n) is 1.87. The number of nitrogens with zero attached hydrogens (tertiary/aromatic N) is 2. The lowest BCUT2D eigenvalue weighted by Crippen LogP contribution is -1.80. The van der Waals surface area contributed by atoms with Crippen LogP contribution in [0.15, 0.2) is 24.4 Å². The lowest BCUT2D eigenvalue weighted by molar-refractivity contribution is 1.41. The molecule has 2 aromatic rings.